The monoisotopic (exact) mass is 406 g/mol. The highest BCUT2D eigenvalue weighted by Gasteiger charge is 2.09. The number of hydrogen-bond acceptors (Lipinski definition) is 8. The van der Waals surface area contributed by atoms with Gasteiger partial charge in [-0.3, -0.25) is 4.98 Å². The second-order valence-electron chi connectivity index (χ2n) is 6.98. The van der Waals surface area contributed by atoms with Gasteiger partial charge < -0.3 is 20.3 Å². The molecule has 0 saturated carbocycles. The van der Waals surface area contributed by atoms with E-state index in [-0.39, 0.29) is 5.97 Å². The molecular weight excluding hydrogens is 380 g/mol. The van der Waals surface area contributed by atoms with Crippen molar-refractivity contribution in [1.82, 2.24) is 19.9 Å². The predicted molar refractivity (Wildman–Crippen MR) is 118 cm³/mol. The van der Waals surface area contributed by atoms with Crippen LogP contribution in [0.2, 0.25) is 0 Å². The van der Waals surface area contributed by atoms with Crippen LogP contribution in [0.1, 0.15) is 16.8 Å². The molecule has 2 N–H and O–H groups in total. The second kappa shape index (κ2) is 10.3. The van der Waals surface area contributed by atoms with Gasteiger partial charge in [-0.15, -0.1) is 0 Å². The average molecular weight is 406 g/mol. The molecule has 2 aromatic heterocycles. The molecular formula is C22H26N6O2. The number of esters is 1. The Hall–Kier alpha value is -3.52. The van der Waals surface area contributed by atoms with E-state index in [1.54, 1.807) is 24.5 Å². The van der Waals surface area contributed by atoms with E-state index in [1.807, 2.05) is 44.4 Å². The molecule has 8 heteroatoms. The van der Waals surface area contributed by atoms with Crippen LogP contribution in [0.15, 0.2) is 54.9 Å². The molecule has 0 fully saturated rings. The molecule has 0 unspecified atom stereocenters. The lowest BCUT2D eigenvalue weighted by Crippen LogP contribution is -2.17. The van der Waals surface area contributed by atoms with Crippen LogP contribution < -0.4 is 10.6 Å². The van der Waals surface area contributed by atoms with Crippen molar-refractivity contribution in [2.24, 2.45) is 0 Å². The van der Waals surface area contributed by atoms with Crippen molar-refractivity contribution in [3.05, 3.63) is 60.4 Å². The average Bonchev–Trinajstić information content (AvgIpc) is 2.77. The summed E-state index contributed by atoms with van der Waals surface area (Å²) in [6.07, 6.45) is 4.48. The third kappa shape index (κ3) is 5.99. The molecule has 156 valence electrons. The first kappa shape index (κ1) is 21.2. The highest BCUT2D eigenvalue weighted by molar-refractivity contribution is 5.89. The summed E-state index contributed by atoms with van der Waals surface area (Å²) in [4.78, 5) is 27.2. The summed E-state index contributed by atoms with van der Waals surface area (Å²) in [5.74, 6) is 0.820. The number of carbonyl (C=O) groups is 1. The van der Waals surface area contributed by atoms with Crippen molar-refractivity contribution in [1.29, 1.82) is 0 Å². The van der Waals surface area contributed by atoms with E-state index in [0.29, 0.717) is 17.3 Å². The Balaban J connectivity index is 1.81. The van der Waals surface area contributed by atoms with Gasteiger partial charge in [0.25, 0.3) is 0 Å². The predicted octanol–water partition coefficient (Wildman–Crippen LogP) is 3.43. The van der Waals surface area contributed by atoms with Crippen LogP contribution in [0, 0.1) is 0 Å². The fourth-order valence-corrected chi connectivity index (χ4v) is 2.80. The standard InChI is InChI=1S/C22H26N6O2/c1-28(2)13-5-12-24-22-26-19(17-6-4-11-23-15-17)14-20(27-22)25-18-9-7-16(8-10-18)21(29)30-3/h4,6-11,14-15H,5,12-13H2,1-3H3,(H2,24,25,26,27). The summed E-state index contributed by atoms with van der Waals surface area (Å²) in [5, 5.41) is 6.57. The van der Waals surface area contributed by atoms with Crippen LogP contribution in [0.25, 0.3) is 11.3 Å². The van der Waals surface area contributed by atoms with Crippen molar-refractivity contribution in [2.45, 2.75) is 6.42 Å². The van der Waals surface area contributed by atoms with Crippen LogP contribution in [0.3, 0.4) is 0 Å². The van der Waals surface area contributed by atoms with Crippen molar-refractivity contribution < 1.29 is 9.53 Å². The van der Waals surface area contributed by atoms with Crippen molar-refractivity contribution in [3.8, 4) is 11.3 Å². The SMILES string of the molecule is COC(=O)c1ccc(Nc2cc(-c3cccnc3)nc(NCCCN(C)C)n2)cc1. The Morgan fingerprint density at radius 1 is 1.13 bits per heavy atom. The van der Waals surface area contributed by atoms with Crippen LogP contribution in [-0.4, -0.2) is 60.1 Å². The molecule has 30 heavy (non-hydrogen) atoms. The van der Waals surface area contributed by atoms with Crippen molar-refractivity contribution >= 4 is 23.4 Å². The van der Waals surface area contributed by atoms with Crippen LogP contribution in [0.4, 0.5) is 17.5 Å². The Labute approximate surface area is 176 Å². The summed E-state index contributed by atoms with van der Waals surface area (Å²) in [6, 6.07) is 12.7. The molecule has 0 amide bonds. The van der Waals surface area contributed by atoms with Gasteiger partial charge in [-0.05, 0) is 63.5 Å². The van der Waals surface area contributed by atoms with Gasteiger partial charge in [0.15, 0.2) is 0 Å². The van der Waals surface area contributed by atoms with E-state index in [9.17, 15) is 4.79 Å². The lowest BCUT2D eigenvalue weighted by molar-refractivity contribution is 0.0601. The lowest BCUT2D eigenvalue weighted by Gasteiger charge is -2.13. The first-order chi connectivity index (χ1) is 14.5. The fraction of sp³-hybridized carbons (Fsp3) is 0.273. The summed E-state index contributed by atoms with van der Waals surface area (Å²) >= 11 is 0. The van der Waals surface area contributed by atoms with E-state index in [4.69, 9.17) is 4.74 Å². The minimum atomic E-state index is -0.369. The van der Waals surface area contributed by atoms with Crippen LogP contribution in [-0.2, 0) is 4.74 Å². The van der Waals surface area contributed by atoms with Gasteiger partial charge in [-0.2, -0.15) is 4.98 Å². The van der Waals surface area contributed by atoms with E-state index in [1.165, 1.54) is 7.11 Å². The first-order valence-electron chi connectivity index (χ1n) is 9.68. The van der Waals surface area contributed by atoms with Gasteiger partial charge >= 0.3 is 5.97 Å². The zero-order valence-electron chi connectivity index (χ0n) is 17.4. The van der Waals surface area contributed by atoms with E-state index >= 15 is 0 Å². The number of aromatic nitrogens is 3. The maximum absolute atomic E-state index is 11.6. The van der Waals surface area contributed by atoms with E-state index in [2.05, 4.69) is 30.5 Å². The number of methoxy groups -OCH3 is 1. The zero-order chi connectivity index (χ0) is 21.3. The quantitative estimate of drug-likeness (QED) is 0.412. The molecule has 2 heterocycles. The summed E-state index contributed by atoms with van der Waals surface area (Å²) in [6.45, 7) is 1.74. The van der Waals surface area contributed by atoms with Crippen LogP contribution in [0.5, 0.6) is 0 Å². The summed E-state index contributed by atoms with van der Waals surface area (Å²) < 4.78 is 4.74. The van der Waals surface area contributed by atoms with Gasteiger partial charge in [-0.25, -0.2) is 9.78 Å². The topological polar surface area (TPSA) is 92.3 Å². The number of ether oxygens (including phenoxy) is 1. The molecule has 0 aliphatic carbocycles. The molecule has 0 saturated heterocycles. The number of nitrogens with zero attached hydrogens (tertiary/aromatic N) is 4. The largest absolute Gasteiger partial charge is 0.465 e. The Kier molecular flexibility index (Phi) is 7.29. The summed E-state index contributed by atoms with van der Waals surface area (Å²) in [7, 11) is 5.46. The number of nitrogens with one attached hydrogen (secondary N) is 2. The normalized spacial score (nSPS) is 10.7. The zero-order valence-corrected chi connectivity index (χ0v) is 17.4. The van der Waals surface area contributed by atoms with Crippen LogP contribution >= 0.6 is 0 Å². The maximum Gasteiger partial charge on any atom is 0.337 e. The van der Waals surface area contributed by atoms with Gasteiger partial charge in [-0.1, -0.05) is 0 Å². The molecule has 8 nitrogen and oxygen atoms in total. The highest BCUT2D eigenvalue weighted by Crippen LogP contribution is 2.23. The van der Waals surface area contributed by atoms with Gasteiger partial charge in [0, 0.05) is 36.3 Å². The van der Waals surface area contributed by atoms with Crippen molar-refractivity contribution in [2.75, 3.05) is 44.9 Å². The third-order valence-corrected chi connectivity index (χ3v) is 4.33. The number of benzene rings is 1. The van der Waals surface area contributed by atoms with E-state index < -0.39 is 0 Å². The van der Waals surface area contributed by atoms with Gasteiger partial charge in [0.2, 0.25) is 5.95 Å². The second-order valence-corrected chi connectivity index (χ2v) is 6.98. The smallest absolute Gasteiger partial charge is 0.337 e. The number of carbonyl (C=O) groups excluding carboxylic acids is 1. The molecule has 0 aliphatic heterocycles. The molecule has 3 rings (SSSR count). The third-order valence-electron chi connectivity index (χ3n) is 4.33. The molecule has 1 aromatic carbocycles. The summed E-state index contributed by atoms with van der Waals surface area (Å²) in [5.41, 5.74) is 2.96. The number of rotatable bonds is 9. The first-order valence-corrected chi connectivity index (χ1v) is 9.68. The Morgan fingerprint density at radius 3 is 2.60 bits per heavy atom. The van der Waals surface area contributed by atoms with E-state index in [0.717, 1.165) is 36.5 Å². The molecule has 3 aromatic rings. The van der Waals surface area contributed by atoms with Gasteiger partial charge in [0.1, 0.15) is 5.82 Å². The lowest BCUT2D eigenvalue weighted by atomic mass is 10.2. The fourth-order valence-electron chi connectivity index (χ4n) is 2.80. The highest BCUT2D eigenvalue weighted by atomic mass is 16.5. The molecule has 0 radical (unpaired) electrons. The number of pyridine rings is 1. The Bertz CT molecular complexity index is 961. The molecule has 0 aliphatic rings. The molecule has 0 spiro atoms. The maximum atomic E-state index is 11.6. The van der Waals surface area contributed by atoms with Gasteiger partial charge in [0.05, 0.1) is 18.4 Å². The van der Waals surface area contributed by atoms with Crippen molar-refractivity contribution in [3.63, 3.8) is 0 Å². The minimum absolute atomic E-state index is 0.369. The Morgan fingerprint density at radius 2 is 1.93 bits per heavy atom. The molecule has 0 atom stereocenters. The number of hydrogen-bond donors (Lipinski definition) is 2. The minimum Gasteiger partial charge on any atom is -0.465 e. The number of anilines is 3. The molecule has 0 bridgehead atoms.